The molecule has 0 saturated carbocycles. The van der Waals surface area contributed by atoms with Crippen molar-refractivity contribution in [2.75, 3.05) is 0 Å². The van der Waals surface area contributed by atoms with Gasteiger partial charge in [-0.05, 0) is 42.5 Å². The number of aromatic nitrogens is 4. The molecular weight excluding hydrogens is 360 g/mol. The van der Waals surface area contributed by atoms with Crippen molar-refractivity contribution in [1.29, 1.82) is 0 Å². The van der Waals surface area contributed by atoms with Crippen molar-refractivity contribution >= 4 is 10.9 Å². The predicted octanol–water partition coefficient (Wildman–Crippen LogP) is 4.91. The maximum atomic E-state index is 13.3. The maximum Gasteiger partial charge on any atom is 0.417 e. The van der Waals surface area contributed by atoms with Gasteiger partial charge in [0, 0.05) is 22.7 Å². The van der Waals surface area contributed by atoms with E-state index in [9.17, 15) is 17.6 Å². The van der Waals surface area contributed by atoms with Crippen LogP contribution in [0.25, 0.3) is 33.4 Å². The van der Waals surface area contributed by atoms with Gasteiger partial charge in [-0.1, -0.05) is 6.07 Å². The molecule has 0 aliphatic rings. The van der Waals surface area contributed by atoms with E-state index in [1.165, 1.54) is 42.7 Å². The lowest BCUT2D eigenvalue weighted by molar-refractivity contribution is -0.136. The zero-order valence-corrected chi connectivity index (χ0v) is 13.6. The van der Waals surface area contributed by atoms with Crippen LogP contribution in [0.5, 0.6) is 0 Å². The van der Waals surface area contributed by atoms with Crippen molar-refractivity contribution in [3.63, 3.8) is 0 Å². The van der Waals surface area contributed by atoms with E-state index >= 15 is 0 Å². The number of nitrogens with zero attached hydrogens (tertiary/aromatic N) is 4. The van der Waals surface area contributed by atoms with Gasteiger partial charge in [0.2, 0.25) is 0 Å². The minimum absolute atomic E-state index is 0.0433. The fraction of sp³-hybridized carbons (Fsp3) is 0.0526. The van der Waals surface area contributed by atoms with Crippen molar-refractivity contribution in [2.45, 2.75) is 6.18 Å². The molecule has 0 unspecified atom stereocenters. The van der Waals surface area contributed by atoms with Crippen LogP contribution in [0.1, 0.15) is 5.56 Å². The summed E-state index contributed by atoms with van der Waals surface area (Å²) in [6.07, 6.45) is -2.16. The van der Waals surface area contributed by atoms with E-state index in [0.29, 0.717) is 22.5 Å². The third kappa shape index (κ3) is 3.21. The van der Waals surface area contributed by atoms with Crippen LogP contribution >= 0.6 is 0 Å². The highest BCUT2D eigenvalue weighted by atomic mass is 19.4. The van der Waals surface area contributed by atoms with E-state index in [1.54, 1.807) is 6.07 Å². The Morgan fingerprint density at radius 1 is 0.778 bits per heavy atom. The van der Waals surface area contributed by atoms with Gasteiger partial charge >= 0.3 is 6.18 Å². The Labute approximate surface area is 150 Å². The molecule has 0 saturated heterocycles. The first-order valence-electron chi connectivity index (χ1n) is 7.83. The number of benzene rings is 2. The molecule has 0 spiro atoms. The highest BCUT2D eigenvalue weighted by molar-refractivity contribution is 5.89. The minimum Gasteiger partial charge on any atom is -0.256 e. The fourth-order valence-electron chi connectivity index (χ4n) is 2.83. The molecule has 2 aromatic heterocycles. The summed E-state index contributed by atoms with van der Waals surface area (Å²) < 4.78 is 53.2. The van der Waals surface area contributed by atoms with Gasteiger partial charge in [0.05, 0.1) is 11.1 Å². The van der Waals surface area contributed by atoms with Gasteiger partial charge in [-0.2, -0.15) is 13.2 Å². The summed E-state index contributed by atoms with van der Waals surface area (Å²) in [7, 11) is 0. The molecule has 0 bridgehead atoms. The Bertz CT molecular complexity index is 1120. The number of rotatable bonds is 2. The van der Waals surface area contributed by atoms with Gasteiger partial charge in [-0.15, -0.1) is 10.2 Å². The van der Waals surface area contributed by atoms with Crippen LogP contribution in [0.2, 0.25) is 0 Å². The lowest BCUT2D eigenvalue weighted by Gasteiger charge is -2.12. The van der Waals surface area contributed by atoms with Gasteiger partial charge in [0.25, 0.3) is 0 Å². The quantitative estimate of drug-likeness (QED) is 0.471. The largest absolute Gasteiger partial charge is 0.417 e. The Hall–Kier alpha value is -3.42. The van der Waals surface area contributed by atoms with Gasteiger partial charge in [0.1, 0.15) is 23.5 Å². The second-order valence-electron chi connectivity index (χ2n) is 5.75. The second kappa shape index (κ2) is 6.39. The van der Waals surface area contributed by atoms with Crippen molar-refractivity contribution in [1.82, 2.24) is 20.2 Å². The summed E-state index contributed by atoms with van der Waals surface area (Å²) >= 11 is 0. The predicted molar refractivity (Wildman–Crippen MR) is 91.0 cm³/mol. The molecule has 0 amide bonds. The van der Waals surface area contributed by atoms with Crippen LogP contribution in [0, 0.1) is 5.82 Å². The molecule has 0 fully saturated rings. The standard InChI is InChI=1S/C19H10F4N4/c20-13-4-1-11(2-5-13)17-18(27-26-10-25-17)12-3-6-16-14(9-12)15(7-8-24-16)19(21,22)23/h1-10H. The number of alkyl halides is 3. The minimum atomic E-state index is -4.51. The molecule has 4 nitrogen and oxygen atoms in total. The normalized spacial score (nSPS) is 11.7. The Morgan fingerprint density at radius 3 is 2.26 bits per heavy atom. The molecular formula is C19H10F4N4. The summed E-state index contributed by atoms with van der Waals surface area (Å²) in [6.45, 7) is 0. The zero-order chi connectivity index (χ0) is 19.0. The van der Waals surface area contributed by atoms with E-state index in [2.05, 4.69) is 20.2 Å². The molecule has 0 aliphatic heterocycles. The summed E-state index contributed by atoms with van der Waals surface area (Å²) in [5.74, 6) is -0.408. The Kier molecular flexibility index (Phi) is 4.02. The van der Waals surface area contributed by atoms with Crippen molar-refractivity contribution in [2.24, 2.45) is 0 Å². The summed E-state index contributed by atoms with van der Waals surface area (Å²) in [4.78, 5) is 8.16. The van der Waals surface area contributed by atoms with Crippen LogP contribution in [0.3, 0.4) is 0 Å². The fourth-order valence-corrected chi connectivity index (χ4v) is 2.83. The van der Waals surface area contributed by atoms with E-state index in [0.717, 1.165) is 12.3 Å². The summed E-state index contributed by atoms with van der Waals surface area (Å²) in [6, 6.07) is 11.0. The SMILES string of the molecule is Fc1ccc(-c2ncnnc2-c2ccc3nccc(C(F)(F)F)c3c2)cc1. The number of hydrogen-bond acceptors (Lipinski definition) is 4. The molecule has 27 heavy (non-hydrogen) atoms. The lowest BCUT2D eigenvalue weighted by atomic mass is 10.0. The van der Waals surface area contributed by atoms with Crippen LogP contribution in [-0.4, -0.2) is 20.2 Å². The second-order valence-corrected chi connectivity index (χ2v) is 5.75. The molecule has 0 radical (unpaired) electrons. The smallest absolute Gasteiger partial charge is 0.256 e. The van der Waals surface area contributed by atoms with E-state index < -0.39 is 17.6 Å². The van der Waals surface area contributed by atoms with Crippen LogP contribution in [0.15, 0.2) is 61.1 Å². The number of halogens is 4. The number of fused-ring (bicyclic) bond motifs is 1. The molecule has 4 aromatic rings. The Balaban J connectivity index is 1.92. The van der Waals surface area contributed by atoms with E-state index in [1.807, 2.05) is 0 Å². The maximum absolute atomic E-state index is 13.3. The molecule has 134 valence electrons. The third-order valence-corrected chi connectivity index (χ3v) is 4.06. The van der Waals surface area contributed by atoms with Crippen molar-refractivity contribution < 1.29 is 17.6 Å². The highest BCUT2D eigenvalue weighted by Crippen LogP contribution is 2.36. The number of pyridine rings is 1. The van der Waals surface area contributed by atoms with Gasteiger partial charge < -0.3 is 0 Å². The summed E-state index contributed by atoms with van der Waals surface area (Å²) in [5.41, 5.74) is 1.10. The molecule has 0 atom stereocenters. The van der Waals surface area contributed by atoms with Gasteiger partial charge in [-0.25, -0.2) is 9.37 Å². The molecule has 4 rings (SSSR count). The van der Waals surface area contributed by atoms with Crippen LogP contribution in [0.4, 0.5) is 17.6 Å². The van der Waals surface area contributed by atoms with E-state index in [4.69, 9.17) is 0 Å². The van der Waals surface area contributed by atoms with Crippen molar-refractivity contribution in [3.05, 3.63) is 72.4 Å². The Morgan fingerprint density at radius 2 is 1.52 bits per heavy atom. The average molecular weight is 370 g/mol. The molecule has 2 heterocycles. The molecule has 0 aliphatic carbocycles. The highest BCUT2D eigenvalue weighted by Gasteiger charge is 2.32. The zero-order valence-electron chi connectivity index (χ0n) is 13.6. The molecule has 8 heteroatoms. The van der Waals surface area contributed by atoms with E-state index in [-0.39, 0.29) is 10.9 Å². The molecule has 0 N–H and O–H groups in total. The monoisotopic (exact) mass is 370 g/mol. The van der Waals surface area contributed by atoms with Crippen LogP contribution < -0.4 is 0 Å². The first-order valence-corrected chi connectivity index (χ1v) is 7.83. The first-order chi connectivity index (χ1) is 12.9. The third-order valence-electron chi connectivity index (χ3n) is 4.06. The average Bonchev–Trinajstić information content (AvgIpc) is 2.67. The lowest BCUT2D eigenvalue weighted by Crippen LogP contribution is -2.06. The summed E-state index contributed by atoms with van der Waals surface area (Å²) in [5, 5.41) is 7.74. The van der Waals surface area contributed by atoms with Gasteiger partial charge in [0.15, 0.2) is 0 Å². The topological polar surface area (TPSA) is 51.6 Å². The van der Waals surface area contributed by atoms with Gasteiger partial charge in [-0.3, -0.25) is 4.98 Å². The van der Waals surface area contributed by atoms with Crippen LogP contribution in [-0.2, 0) is 6.18 Å². The molecule has 2 aromatic carbocycles. The number of hydrogen-bond donors (Lipinski definition) is 0. The first kappa shape index (κ1) is 17.0. The van der Waals surface area contributed by atoms with Crippen molar-refractivity contribution in [3.8, 4) is 22.5 Å².